The summed E-state index contributed by atoms with van der Waals surface area (Å²) < 4.78 is 0. The van der Waals surface area contributed by atoms with Gasteiger partial charge in [-0.25, -0.2) is 0 Å². The molecule has 9 N–H and O–H groups in total. The fourth-order valence-corrected chi connectivity index (χ4v) is 11.5. The molecule has 0 bridgehead atoms. The zero-order valence-electron chi connectivity index (χ0n) is 36.1. The molecule has 6 unspecified atom stereocenters. The van der Waals surface area contributed by atoms with Crippen LogP contribution in [0, 0.1) is 23.7 Å². The number of nitrogens with one attached hydrogen (secondary N) is 1. The van der Waals surface area contributed by atoms with Crippen molar-refractivity contribution in [2.75, 3.05) is 38.0 Å². The van der Waals surface area contributed by atoms with Gasteiger partial charge in [0.05, 0.1) is 35.1 Å². The number of fused-ring (bicyclic) bond motifs is 6. The molecular weight excluding hydrogens is 817 g/mol. The lowest BCUT2D eigenvalue weighted by Gasteiger charge is -2.47. The Morgan fingerprint density at radius 2 is 1.03 bits per heavy atom. The zero-order valence-corrected chi connectivity index (χ0v) is 36.1. The first-order valence-electron chi connectivity index (χ1n) is 20.9. The van der Waals surface area contributed by atoms with Crippen molar-refractivity contribution in [3.05, 3.63) is 56.7 Å². The Hall–Kier alpha value is -5.91. The highest BCUT2D eigenvalue weighted by atomic mass is 16.3. The number of aliphatic hydroxyl groups excluding tert-OH is 2. The van der Waals surface area contributed by atoms with Crippen molar-refractivity contribution in [2.45, 2.75) is 94.4 Å². The molecule has 0 heterocycles. The number of aliphatic hydroxyl groups is 4. The summed E-state index contributed by atoms with van der Waals surface area (Å²) in [5.41, 5.74) is -3.20. The SMILES string of the molecule is CN(C)c1cc2c(c(O)c1C(NC(C)(C)C)(C(N)=O)c1c(N(C)C)cc3c(c1O)C(O)=C1C(=O)C4(O)C(=O)CC(=O)CC4CC1C3)C(O)=C1C(=O)C3(O)C(=O)CC(=O)CC3CC1C2. The molecule has 17 nitrogen and oxygen atoms in total. The van der Waals surface area contributed by atoms with Crippen molar-refractivity contribution >= 4 is 63.5 Å². The number of aromatic hydroxyl groups is 2. The first-order valence-corrected chi connectivity index (χ1v) is 20.9. The van der Waals surface area contributed by atoms with E-state index in [4.69, 9.17) is 5.73 Å². The number of benzene rings is 2. The summed E-state index contributed by atoms with van der Waals surface area (Å²) in [7, 11) is 6.46. The number of phenols is 2. The van der Waals surface area contributed by atoms with Crippen LogP contribution < -0.4 is 20.9 Å². The Kier molecular flexibility index (Phi) is 9.75. The largest absolute Gasteiger partial charge is 0.507 e. The van der Waals surface area contributed by atoms with Gasteiger partial charge in [-0.15, -0.1) is 0 Å². The number of nitrogens with zero attached hydrogens (tertiary/aromatic N) is 2. The second-order valence-electron chi connectivity index (χ2n) is 19.7. The summed E-state index contributed by atoms with van der Waals surface area (Å²) in [6, 6.07) is 3.17. The fraction of sp³-hybridized carbons (Fsp3) is 0.500. The number of hydrogen-bond acceptors (Lipinski definition) is 16. The highest BCUT2D eigenvalue weighted by molar-refractivity contribution is 6.26. The van der Waals surface area contributed by atoms with Crippen molar-refractivity contribution in [2.24, 2.45) is 29.4 Å². The number of carbonyl (C=O) groups excluding carboxylic acids is 7. The van der Waals surface area contributed by atoms with Crippen molar-refractivity contribution < 1.29 is 64.2 Å². The van der Waals surface area contributed by atoms with Crippen molar-refractivity contribution in [1.82, 2.24) is 5.32 Å². The van der Waals surface area contributed by atoms with Gasteiger partial charge in [-0.2, -0.15) is 0 Å². The van der Waals surface area contributed by atoms with E-state index in [1.54, 1.807) is 70.9 Å². The molecule has 334 valence electrons. The minimum absolute atomic E-state index is 0.00292. The first-order chi connectivity index (χ1) is 29.2. The Labute approximate surface area is 362 Å². The van der Waals surface area contributed by atoms with Crippen LogP contribution in [0.2, 0.25) is 0 Å². The molecule has 0 radical (unpaired) electrons. The Morgan fingerprint density at radius 3 is 1.35 bits per heavy atom. The van der Waals surface area contributed by atoms with Gasteiger partial charge in [0.2, 0.25) is 17.5 Å². The predicted molar refractivity (Wildman–Crippen MR) is 226 cm³/mol. The van der Waals surface area contributed by atoms with Crippen LogP contribution in [-0.2, 0) is 51.9 Å². The quantitative estimate of drug-likeness (QED) is 0.192. The maximum absolute atomic E-state index is 14.8. The zero-order chi connectivity index (χ0) is 46.4. The van der Waals surface area contributed by atoms with Gasteiger partial charge in [0.1, 0.15) is 34.6 Å². The Balaban J connectivity index is 1.42. The number of primary amides is 1. The highest BCUT2D eigenvalue weighted by Gasteiger charge is 2.62. The van der Waals surface area contributed by atoms with Gasteiger partial charge in [0, 0.05) is 80.9 Å². The standard InChI is InChI=1S/C46H52N4O13/c1-43(2,3)48-44(42(47)61,34-26(49(4)5)12-20-8-18-10-22-14-24(51)16-28(53)45(22,62)40(59)32(18)36(55)30(20)38(34)57)35-27(50(6)7)13-21-9-19-11-23-15-25(52)17-29(54)46(23,63)41(60)33(19)37(56)31(21)39(35)58/h12-13,18-19,22-23,48,55-58,62-63H,8-11,14-17H2,1-7H3,(H2,47,61). The van der Waals surface area contributed by atoms with Gasteiger partial charge >= 0.3 is 0 Å². The number of nitrogens with two attached hydrogens (primary N) is 1. The molecule has 0 aliphatic heterocycles. The number of hydrogen-bond donors (Lipinski definition) is 8. The van der Waals surface area contributed by atoms with Crippen LogP contribution in [0.1, 0.15) is 92.7 Å². The molecule has 0 spiro atoms. The Bertz CT molecular complexity index is 2440. The normalized spacial score (nSPS) is 29.0. The number of phenolic OH excluding ortho intramolecular Hbond substituents is 2. The smallest absolute Gasteiger partial charge is 0.247 e. The van der Waals surface area contributed by atoms with Crippen LogP contribution in [0.5, 0.6) is 11.5 Å². The third-order valence-corrected chi connectivity index (χ3v) is 14.1. The predicted octanol–water partition coefficient (Wildman–Crippen LogP) is 1.73. The first kappa shape index (κ1) is 43.7. The minimum Gasteiger partial charge on any atom is -0.507 e. The molecule has 8 rings (SSSR count). The monoisotopic (exact) mass is 868 g/mol. The molecule has 2 aromatic rings. The van der Waals surface area contributed by atoms with Crippen LogP contribution in [-0.4, -0.2) is 116 Å². The third kappa shape index (κ3) is 5.95. The Morgan fingerprint density at radius 1 is 0.667 bits per heavy atom. The minimum atomic E-state index is -2.58. The second kappa shape index (κ2) is 14.0. The van der Waals surface area contributed by atoms with E-state index in [0.717, 1.165) is 0 Å². The summed E-state index contributed by atoms with van der Waals surface area (Å²) in [6.45, 7) is 5.05. The average Bonchev–Trinajstić information content (AvgIpc) is 3.15. The topological polar surface area (TPSA) is 285 Å². The molecule has 1 amide bonds. The summed E-state index contributed by atoms with van der Waals surface area (Å²) in [5.74, 6) is -12.8. The molecule has 17 heteroatoms. The number of anilines is 2. The van der Waals surface area contributed by atoms with Gasteiger partial charge in [-0.3, -0.25) is 38.9 Å². The molecule has 2 aromatic carbocycles. The van der Waals surface area contributed by atoms with Gasteiger partial charge in [-0.05, 0) is 81.5 Å². The van der Waals surface area contributed by atoms with Crippen LogP contribution in [0.25, 0.3) is 11.5 Å². The highest BCUT2D eigenvalue weighted by Crippen LogP contribution is 2.58. The molecule has 0 aromatic heterocycles. The van der Waals surface area contributed by atoms with Crippen LogP contribution >= 0.6 is 0 Å². The number of carbonyl (C=O) groups is 7. The molecule has 63 heavy (non-hydrogen) atoms. The summed E-state index contributed by atoms with van der Waals surface area (Å²) in [5, 5.41) is 76.3. The molecule has 6 atom stereocenters. The lowest BCUT2D eigenvalue weighted by Crippen LogP contribution is -2.61. The third-order valence-electron chi connectivity index (χ3n) is 14.1. The van der Waals surface area contributed by atoms with E-state index in [9.17, 15) is 64.2 Å². The maximum Gasteiger partial charge on any atom is 0.247 e. The van der Waals surface area contributed by atoms with Gasteiger partial charge in [0.25, 0.3) is 0 Å². The molecule has 0 saturated heterocycles. The van der Waals surface area contributed by atoms with E-state index < -0.39 is 122 Å². The molecule has 4 saturated carbocycles. The molecular formula is C46H52N4O13. The van der Waals surface area contributed by atoms with E-state index in [1.165, 1.54) is 0 Å². The van der Waals surface area contributed by atoms with Gasteiger partial charge < -0.3 is 46.2 Å². The molecule has 6 aliphatic carbocycles. The van der Waals surface area contributed by atoms with Crippen LogP contribution in [0.15, 0.2) is 23.3 Å². The van der Waals surface area contributed by atoms with Crippen molar-refractivity contribution in [3.63, 3.8) is 0 Å². The summed E-state index contributed by atoms with van der Waals surface area (Å²) in [4.78, 5) is 97.5. The van der Waals surface area contributed by atoms with E-state index >= 15 is 0 Å². The fourth-order valence-electron chi connectivity index (χ4n) is 11.5. The molecule has 4 fully saturated rings. The average molecular weight is 869 g/mol. The maximum atomic E-state index is 14.8. The van der Waals surface area contributed by atoms with Crippen molar-refractivity contribution in [3.8, 4) is 11.5 Å². The van der Waals surface area contributed by atoms with E-state index in [2.05, 4.69) is 5.32 Å². The number of ketones is 6. The van der Waals surface area contributed by atoms with Crippen LogP contribution in [0.4, 0.5) is 11.4 Å². The van der Waals surface area contributed by atoms with E-state index in [0.29, 0.717) is 11.1 Å². The summed E-state index contributed by atoms with van der Waals surface area (Å²) >= 11 is 0. The molecule has 6 aliphatic rings. The second-order valence-corrected chi connectivity index (χ2v) is 19.7. The number of amides is 1. The van der Waals surface area contributed by atoms with E-state index in [-0.39, 0.29) is 83.3 Å². The van der Waals surface area contributed by atoms with Gasteiger partial charge in [-0.1, -0.05) is 0 Å². The number of rotatable bonds is 6. The number of Topliss-reactive ketones (excluding diaryl/α,β-unsaturated/α-hetero) is 6. The lowest BCUT2D eigenvalue weighted by molar-refractivity contribution is -0.165. The van der Waals surface area contributed by atoms with Gasteiger partial charge in [0.15, 0.2) is 28.3 Å². The van der Waals surface area contributed by atoms with Crippen molar-refractivity contribution in [1.29, 1.82) is 0 Å². The van der Waals surface area contributed by atoms with E-state index in [1.807, 2.05) is 0 Å². The summed E-state index contributed by atoms with van der Waals surface area (Å²) in [6.07, 6.45) is -1.73. The lowest BCUT2D eigenvalue weighted by atomic mass is 9.58. The van der Waals surface area contributed by atoms with Crippen LogP contribution in [0.3, 0.4) is 0 Å².